The highest BCUT2D eigenvalue weighted by Gasteiger charge is 2.33. The first kappa shape index (κ1) is 19.6. The molecular weight excluding hydrogens is 394 g/mol. The molecule has 3 heterocycles. The Bertz CT molecular complexity index is 999. The summed E-state index contributed by atoms with van der Waals surface area (Å²) in [6.45, 7) is 2.18. The molecule has 154 valence electrons. The second-order valence-corrected chi connectivity index (χ2v) is 9.55. The summed E-state index contributed by atoms with van der Waals surface area (Å²) in [5.41, 5.74) is 0.735. The van der Waals surface area contributed by atoms with Crippen LogP contribution in [0.15, 0.2) is 41.4 Å². The van der Waals surface area contributed by atoms with Crippen LogP contribution in [0.25, 0.3) is 0 Å². The van der Waals surface area contributed by atoms with Crippen molar-refractivity contribution in [1.82, 2.24) is 24.8 Å². The van der Waals surface area contributed by atoms with Crippen molar-refractivity contribution in [2.24, 2.45) is 0 Å². The maximum absolute atomic E-state index is 12.3. The zero-order chi connectivity index (χ0) is 20.4. The summed E-state index contributed by atoms with van der Waals surface area (Å²) in [5, 5.41) is 8.24. The first-order valence-electron chi connectivity index (χ1n) is 9.66. The summed E-state index contributed by atoms with van der Waals surface area (Å²) >= 11 is 0. The summed E-state index contributed by atoms with van der Waals surface area (Å²) in [6, 6.07) is 8.19. The van der Waals surface area contributed by atoms with E-state index in [1.165, 1.54) is 12.1 Å². The Labute approximate surface area is 169 Å². The summed E-state index contributed by atoms with van der Waals surface area (Å²) in [7, 11) is -3.46. The van der Waals surface area contributed by atoms with E-state index in [-0.39, 0.29) is 34.9 Å². The fraction of sp³-hybridized carbons (Fsp3) is 0.474. The standard InChI is InChI=1S/C19H23N5O4S/c25-18-7-4-9-22(18)11-15-12-24(21-20-15)16-13-23(14-16)19(26)8-10-29(27,28)17-5-2-1-3-6-17/h1-3,5-6,12,16H,4,7-11,13-14H2. The molecule has 29 heavy (non-hydrogen) atoms. The van der Waals surface area contributed by atoms with Gasteiger partial charge in [-0.1, -0.05) is 23.4 Å². The Morgan fingerprint density at radius 3 is 2.62 bits per heavy atom. The molecule has 0 aliphatic carbocycles. The van der Waals surface area contributed by atoms with E-state index in [1.54, 1.807) is 32.7 Å². The van der Waals surface area contributed by atoms with Crippen molar-refractivity contribution in [1.29, 1.82) is 0 Å². The molecule has 1 aromatic heterocycles. The van der Waals surface area contributed by atoms with Crippen LogP contribution in [0.2, 0.25) is 0 Å². The van der Waals surface area contributed by atoms with E-state index in [4.69, 9.17) is 0 Å². The minimum absolute atomic E-state index is 0.0280. The van der Waals surface area contributed by atoms with Crippen molar-refractivity contribution in [3.05, 3.63) is 42.2 Å². The lowest BCUT2D eigenvalue weighted by atomic mass is 10.1. The van der Waals surface area contributed by atoms with E-state index in [0.29, 0.717) is 26.1 Å². The summed E-state index contributed by atoms with van der Waals surface area (Å²) in [6.07, 6.45) is 3.25. The van der Waals surface area contributed by atoms with Crippen molar-refractivity contribution in [3.8, 4) is 0 Å². The van der Waals surface area contributed by atoms with Gasteiger partial charge in [0.1, 0.15) is 5.69 Å². The molecule has 4 rings (SSSR count). The number of hydrogen-bond acceptors (Lipinski definition) is 6. The number of carbonyl (C=O) groups excluding carboxylic acids is 2. The van der Waals surface area contributed by atoms with Crippen molar-refractivity contribution in [3.63, 3.8) is 0 Å². The van der Waals surface area contributed by atoms with Gasteiger partial charge in [0.15, 0.2) is 9.84 Å². The van der Waals surface area contributed by atoms with Crippen LogP contribution >= 0.6 is 0 Å². The van der Waals surface area contributed by atoms with Crippen LogP contribution in [0, 0.1) is 0 Å². The Morgan fingerprint density at radius 2 is 1.93 bits per heavy atom. The van der Waals surface area contributed by atoms with E-state index < -0.39 is 9.84 Å². The number of carbonyl (C=O) groups is 2. The molecule has 2 aliphatic heterocycles. The molecule has 0 N–H and O–H groups in total. The molecular formula is C19H23N5O4S. The molecule has 2 fully saturated rings. The molecule has 0 atom stereocenters. The molecule has 9 nitrogen and oxygen atoms in total. The Balaban J connectivity index is 1.25. The monoisotopic (exact) mass is 417 g/mol. The van der Waals surface area contributed by atoms with Gasteiger partial charge in [-0.15, -0.1) is 5.10 Å². The molecule has 0 spiro atoms. The average molecular weight is 417 g/mol. The highest BCUT2D eigenvalue weighted by atomic mass is 32.2. The number of aromatic nitrogens is 3. The summed E-state index contributed by atoms with van der Waals surface area (Å²) in [5.74, 6) is -0.233. The van der Waals surface area contributed by atoms with Gasteiger partial charge in [0, 0.05) is 32.5 Å². The highest BCUT2D eigenvalue weighted by molar-refractivity contribution is 7.91. The van der Waals surface area contributed by atoms with E-state index >= 15 is 0 Å². The Kier molecular flexibility index (Phi) is 5.35. The molecule has 0 bridgehead atoms. The third kappa shape index (κ3) is 4.31. The molecule has 0 radical (unpaired) electrons. The molecule has 10 heteroatoms. The molecule has 2 aromatic rings. The SMILES string of the molecule is O=C1CCCN1Cc1cn(C2CN(C(=O)CCS(=O)(=O)c3ccccc3)C2)nn1. The molecule has 2 aliphatic rings. The number of likely N-dealkylation sites (tertiary alicyclic amines) is 2. The van der Waals surface area contributed by atoms with Gasteiger partial charge in [-0.2, -0.15) is 0 Å². The van der Waals surface area contributed by atoms with Gasteiger partial charge in [-0.25, -0.2) is 13.1 Å². The quantitative estimate of drug-likeness (QED) is 0.655. The van der Waals surface area contributed by atoms with E-state index in [1.807, 2.05) is 6.20 Å². The normalized spacial score (nSPS) is 17.6. The maximum atomic E-state index is 12.3. The van der Waals surface area contributed by atoms with Crippen molar-refractivity contribution in [2.75, 3.05) is 25.4 Å². The fourth-order valence-electron chi connectivity index (χ4n) is 3.58. The van der Waals surface area contributed by atoms with Crippen molar-refractivity contribution >= 4 is 21.7 Å². The van der Waals surface area contributed by atoms with Crippen molar-refractivity contribution < 1.29 is 18.0 Å². The van der Waals surface area contributed by atoms with Crippen LogP contribution in [0.1, 0.15) is 31.0 Å². The van der Waals surface area contributed by atoms with Crippen LogP contribution < -0.4 is 0 Å². The summed E-state index contributed by atoms with van der Waals surface area (Å²) in [4.78, 5) is 27.7. The number of hydrogen-bond donors (Lipinski definition) is 0. The van der Waals surface area contributed by atoms with Gasteiger partial charge in [-0.05, 0) is 18.6 Å². The number of nitrogens with zero attached hydrogens (tertiary/aromatic N) is 5. The lowest BCUT2D eigenvalue weighted by Crippen LogP contribution is -2.51. The van der Waals surface area contributed by atoms with Gasteiger partial charge in [0.2, 0.25) is 11.8 Å². The minimum atomic E-state index is -3.46. The second-order valence-electron chi connectivity index (χ2n) is 7.44. The Hall–Kier alpha value is -2.75. The van der Waals surface area contributed by atoms with Crippen molar-refractivity contribution in [2.45, 2.75) is 36.7 Å². The van der Waals surface area contributed by atoms with Gasteiger partial charge < -0.3 is 9.80 Å². The smallest absolute Gasteiger partial charge is 0.223 e. The third-order valence-corrected chi connectivity index (χ3v) is 7.09. The molecule has 1 aromatic carbocycles. The molecule has 2 saturated heterocycles. The lowest BCUT2D eigenvalue weighted by Gasteiger charge is -2.38. The van der Waals surface area contributed by atoms with Crippen LogP contribution in [0.4, 0.5) is 0 Å². The topological polar surface area (TPSA) is 105 Å². The zero-order valence-electron chi connectivity index (χ0n) is 16.0. The molecule has 0 unspecified atom stereocenters. The van der Waals surface area contributed by atoms with Gasteiger partial charge in [0.05, 0.1) is 29.4 Å². The van der Waals surface area contributed by atoms with E-state index in [2.05, 4.69) is 10.3 Å². The number of sulfone groups is 1. The van der Waals surface area contributed by atoms with Gasteiger partial charge >= 0.3 is 0 Å². The zero-order valence-corrected chi connectivity index (χ0v) is 16.8. The second kappa shape index (κ2) is 7.94. The molecule has 2 amide bonds. The largest absolute Gasteiger partial charge is 0.338 e. The molecule has 0 saturated carbocycles. The maximum Gasteiger partial charge on any atom is 0.223 e. The van der Waals surface area contributed by atoms with Crippen LogP contribution in [-0.2, 0) is 26.0 Å². The third-order valence-electron chi connectivity index (χ3n) is 5.36. The lowest BCUT2D eigenvalue weighted by molar-refractivity contribution is -0.136. The first-order valence-corrected chi connectivity index (χ1v) is 11.3. The predicted molar refractivity (Wildman–Crippen MR) is 103 cm³/mol. The Morgan fingerprint density at radius 1 is 1.17 bits per heavy atom. The average Bonchev–Trinajstić information content (AvgIpc) is 3.29. The van der Waals surface area contributed by atoms with E-state index in [9.17, 15) is 18.0 Å². The van der Waals surface area contributed by atoms with Crippen LogP contribution in [0.5, 0.6) is 0 Å². The number of rotatable bonds is 7. The number of amides is 2. The van der Waals surface area contributed by atoms with Gasteiger partial charge in [0.25, 0.3) is 0 Å². The fourth-order valence-corrected chi connectivity index (χ4v) is 4.83. The first-order chi connectivity index (χ1) is 13.9. The van der Waals surface area contributed by atoms with Gasteiger partial charge in [-0.3, -0.25) is 9.59 Å². The van der Waals surface area contributed by atoms with Crippen LogP contribution in [-0.4, -0.2) is 70.4 Å². The minimum Gasteiger partial charge on any atom is -0.338 e. The summed E-state index contributed by atoms with van der Waals surface area (Å²) < 4.78 is 26.3. The number of benzene rings is 1. The van der Waals surface area contributed by atoms with E-state index in [0.717, 1.165) is 18.7 Å². The predicted octanol–water partition coefficient (Wildman–Crippen LogP) is 0.648. The highest BCUT2D eigenvalue weighted by Crippen LogP contribution is 2.22. The van der Waals surface area contributed by atoms with Crippen LogP contribution in [0.3, 0.4) is 0 Å².